The predicted molar refractivity (Wildman–Crippen MR) is 105 cm³/mol. The Balaban J connectivity index is 2.43. The minimum absolute atomic E-state index is 1.27. The van der Waals surface area contributed by atoms with Gasteiger partial charge in [-0.2, -0.15) is 0 Å². The molecule has 0 aliphatic heterocycles. The lowest BCUT2D eigenvalue weighted by atomic mass is 9.96. The molecule has 4 aromatic carbocycles. The fourth-order valence-corrected chi connectivity index (χ4v) is 3.24. The molecule has 4 aromatic rings. The molecule has 0 unspecified atom stereocenters. The van der Waals surface area contributed by atoms with Gasteiger partial charge in [-0.1, -0.05) is 109 Å². The molecule has 0 bridgehead atoms. The molecule has 0 spiro atoms. The zero-order valence-electron chi connectivity index (χ0n) is 13.4. The summed E-state index contributed by atoms with van der Waals surface area (Å²) in [5.41, 5.74) is 0. The molecule has 0 heteroatoms. The van der Waals surface area contributed by atoms with Gasteiger partial charge in [-0.05, 0) is 32.3 Å². The second-order valence-corrected chi connectivity index (χ2v) is 5.79. The van der Waals surface area contributed by atoms with Crippen LogP contribution in [0.1, 0.15) is 0 Å². The van der Waals surface area contributed by atoms with E-state index in [9.17, 15) is 0 Å². The highest BCUT2D eigenvalue weighted by molar-refractivity contribution is 6.24. The Morgan fingerprint density at radius 1 is 0.208 bits per heavy atom. The van der Waals surface area contributed by atoms with Crippen molar-refractivity contribution in [3.63, 3.8) is 0 Å². The fraction of sp³-hybridized carbons (Fsp3) is 0. The molecule has 0 saturated carbocycles. The van der Waals surface area contributed by atoms with E-state index >= 15 is 0 Å². The van der Waals surface area contributed by atoms with Gasteiger partial charge in [-0.25, -0.2) is 0 Å². The molecular formula is C24H18. The number of rotatable bonds is 0. The van der Waals surface area contributed by atoms with Crippen LogP contribution in [0.5, 0.6) is 0 Å². The highest BCUT2D eigenvalue weighted by Crippen LogP contribution is 2.32. The molecule has 0 aliphatic carbocycles. The van der Waals surface area contributed by atoms with E-state index in [1.165, 1.54) is 32.3 Å². The van der Waals surface area contributed by atoms with E-state index in [0.29, 0.717) is 0 Å². The molecule has 24 heavy (non-hydrogen) atoms. The zero-order chi connectivity index (χ0) is 16.2. The molecular weight excluding hydrogens is 288 g/mol. The molecule has 0 fully saturated rings. The summed E-state index contributed by atoms with van der Waals surface area (Å²) in [4.78, 5) is 0. The van der Waals surface area contributed by atoms with E-state index in [0.717, 1.165) is 0 Å². The maximum atomic E-state index is 2.21. The van der Waals surface area contributed by atoms with Gasteiger partial charge in [0.05, 0.1) is 0 Å². The van der Waals surface area contributed by atoms with Crippen LogP contribution < -0.4 is 0 Å². The Morgan fingerprint density at radius 2 is 0.375 bits per heavy atom. The molecule has 114 valence electrons. The van der Waals surface area contributed by atoms with Crippen molar-refractivity contribution in [2.24, 2.45) is 0 Å². The summed E-state index contributed by atoms with van der Waals surface area (Å²) in [6.07, 6.45) is 0. The van der Waals surface area contributed by atoms with E-state index in [4.69, 9.17) is 0 Å². The maximum Gasteiger partial charge on any atom is -0.00990 e. The van der Waals surface area contributed by atoms with Crippen LogP contribution in [0.15, 0.2) is 109 Å². The van der Waals surface area contributed by atoms with Gasteiger partial charge in [-0.15, -0.1) is 0 Å². The van der Waals surface area contributed by atoms with Crippen molar-refractivity contribution in [2.75, 3.05) is 0 Å². The average molecular weight is 306 g/mol. The SMILES string of the molecule is c1cccc2c(cc1)c1ccccccc1c1ccccccc21. The molecule has 0 amide bonds. The van der Waals surface area contributed by atoms with Gasteiger partial charge >= 0.3 is 0 Å². The molecule has 0 nitrogen and oxygen atoms in total. The first kappa shape index (κ1) is 14.5. The summed E-state index contributed by atoms with van der Waals surface area (Å²) in [5.74, 6) is 0. The van der Waals surface area contributed by atoms with Crippen LogP contribution in [0.3, 0.4) is 0 Å². The molecule has 0 N–H and O–H groups in total. The second-order valence-electron chi connectivity index (χ2n) is 5.79. The standard InChI is InChI=1S/C24H18/c1-2-8-14-20-19(13-7-1)21-15-9-3-4-11-17-23(21)24-18-12-6-5-10-16-22(20)24/h1-18H. The van der Waals surface area contributed by atoms with Crippen LogP contribution in [-0.4, -0.2) is 0 Å². The number of fused-ring (bicyclic) bond motifs is 6. The minimum Gasteiger partial charge on any atom is -0.0622 e. The minimum atomic E-state index is 1.27. The van der Waals surface area contributed by atoms with Gasteiger partial charge in [0, 0.05) is 0 Å². The normalized spacial score (nSPS) is 10.5. The van der Waals surface area contributed by atoms with Crippen molar-refractivity contribution in [1.29, 1.82) is 0 Å². The second kappa shape index (κ2) is 6.55. The summed E-state index contributed by atoms with van der Waals surface area (Å²) in [6, 6.07) is 38.4. The monoisotopic (exact) mass is 306 g/mol. The van der Waals surface area contributed by atoms with Crippen LogP contribution in [0, 0.1) is 0 Å². The van der Waals surface area contributed by atoms with Crippen molar-refractivity contribution in [3.8, 4) is 0 Å². The van der Waals surface area contributed by atoms with Gasteiger partial charge in [0.15, 0.2) is 0 Å². The first-order valence-corrected chi connectivity index (χ1v) is 8.23. The molecule has 0 atom stereocenters. The van der Waals surface area contributed by atoms with Gasteiger partial charge < -0.3 is 0 Å². The quantitative estimate of drug-likeness (QED) is 0.334. The molecule has 4 rings (SSSR count). The Morgan fingerprint density at radius 3 is 0.542 bits per heavy atom. The van der Waals surface area contributed by atoms with Crippen molar-refractivity contribution in [1.82, 2.24) is 0 Å². The maximum absolute atomic E-state index is 2.21. The van der Waals surface area contributed by atoms with Crippen LogP contribution >= 0.6 is 0 Å². The Bertz CT molecular complexity index is 845. The molecule has 0 aromatic heterocycles. The Labute approximate surface area is 142 Å². The lowest BCUT2D eigenvalue weighted by molar-refractivity contribution is 1.76. The van der Waals surface area contributed by atoms with Crippen molar-refractivity contribution in [2.45, 2.75) is 0 Å². The Kier molecular flexibility index (Phi) is 3.95. The topological polar surface area (TPSA) is 0 Å². The largest absolute Gasteiger partial charge is 0.0622 e. The first-order chi connectivity index (χ1) is 11.9. The van der Waals surface area contributed by atoms with Crippen LogP contribution in [-0.2, 0) is 0 Å². The predicted octanol–water partition coefficient (Wildman–Crippen LogP) is 6.83. The van der Waals surface area contributed by atoms with Gasteiger partial charge in [0.25, 0.3) is 0 Å². The highest BCUT2D eigenvalue weighted by atomic mass is 14.1. The summed E-state index contributed by atoms with van der Waals surface area (Å²) < 4.78 is 0. The lowest BCUT2D eigenvalue weighted by Gasteiger charge is -2.07. The third kappa shape index (κ3) is 2.63. The zero-order valence-corrected chi connectivity index (χ0v) is 13.4. The highest BCUT2D eigenvalue weighted by Gasteiger charge is 2.04. The number of benzene rings is 1. The smallest absolute Gasteiger partial charge is 0.00990 e. The summed E-state index contributed by atoms with van der Waals surface area (Å²) in [5, 5.41) is 7.60. The summed E-state index contributed by atoms with van der Waals surface area (Å²) in [7, 11) is 0. The van der Waals surface area contributed by atoms with E-state index in [-0.39, 0.29) is 0 Å². The summed E-state index contributed by atoms with van der Waals surface area (Å²) in [6.45, 7) is 0. The van der Waals surface area contributed by atoms with E-state index in [2.05, 4.69) is 109 Å². The van der Waals surface area contributed by atoms with Gasteiger partial charge in [0.1, 0.15) is 0 Å². The van der Waals surface area contributed by atoms with Crippen LogP contribution in [0.4, 0.5) is 0 Å². The van der Waals surface area contributed by atoms with Crippen molar-refractivity contribution < 1.29 is 0 Å². The van der Waals surface area contributed by atoms with Crippen molar-refractivity contribution in [3.05, 3.63) is 109 Å². The molecule has 0 radical (unpaired) electrons. The Hall–Kier alpha value is -3.12. The fourth-order valence-electron chi connectivity index (χ4n) is 3.24. The van der Waals surface area contributed by atoms with Gasteiger partial charge in [0.2, 0.25) is 0 Å². The van der Waals surface area contributed by atoms with Crippen molar-refractivity contribution >= 4 is 32.3 Å². The average Bonchev–Trinajstić information content (AvgIpc) is 2.50. The summed E-state index contributed by atoms with van der Waals surface area (Å²) >= 11 is 0. The van der Waals surface area contributed by atoms with Gasteiger partial charge in [-0.3, -0.25) is 0 Å². The molecule has 0 aliphatic rings. The third-order valence-corrected chi connectivity index (χ3v) is 4.32. The van der Waals surface area contributed by atoms with E-state index < -0.39 is 0 Å². The molecule has 0 saturated heterocycles. The van der Waals surface area contributed by atoms with Crippen LogP contribution in [0.2, 0.25) is 0 Å². The third-order valence-electron chi connectivity index (χ3n) is 4.32. The lowest BCUT2D eigenvalue weighted by Crippen LogP contribution is -1.79. The molecule has 0 heterocycles. The number of hydrogen-bond donors (Lipinski definition) is 0. The first-order valence-electron chi connectivity index (χ1n) is 8.23. The van der Waals surface area contributed by atoms with E-state index in [1.807, 2.05) is 0 Å². The van der Waals surface area contributed by atoms with Crippen LogP contribution in [0.25, 0.3) is 32.3 Å². The van der Waals surface area contributed by atoms with E-state index in [1.54, 1.807) is 0 Å². The number of hydrogen-bond acceptors (Lipinski definition) is 0.